The van der Waals surface area contributed by atoms with Gasteiger partial charge in [0.2, 0.25) is 0 Å². The lowest BCUT2D eigenvalue weighted by Crippen LogP contribution is -3.13. The topological polar surface area (TPSA) is 37.6 Å². The van der Waals surface area contributed by atoms with Gasteiger partial charge in [0, 0.05) is 24.4 Å². The van der Waals surface area contributed by atoms with E-state index in [9.17, 15) is 5.11 Å². The first-order valence-electron chi connectivity index (χ1n) is 8.74. The van der Waals surface area contributed by atoms with Crippen LogP contribution in [0.25, 0.3) is 0 Å². The quantitative estimate of drug-likeness (QED) is 0.819. The second-order valence-electron chi connectivity index (χ2n) is 6.81. The summed E-state index contributed by atoms with van der Waals surface area (Å²) >= 11 is 0. The van der Waals surface area contributed by atoms with E-state index in [-0.39, 0.29) is 0 Å². The highest BCUT2D eigenvalue weighted by Crippen LogP contribution is 2.27. The summed E-state index contributed by atoms with van der Waals surface area (Å²) in [6.07, 6.45) is 12.8. The number of hydrogen-bond acceptors (Lipinski definition) is 2. The first-order valence-corrected chi connectivity index (χ1v) is 8.74. The van der Waals surface area contributed by atoms with Crippen molar-refractivity contribution < 1.29 is 10.0 Å². The maximum atomic E-state index is 10.5. The third kappa shape index (κ3) is 3.88. The highest BCUT2D eigenvalue weighted by atomic mass is 16.3. The number of rotatable bonds is 2. The van der Waals surface area contributed by atoms with Gasteiger partial charge in [0.15, 0.2) is 0 Å². The van der Waals surface area contributed by atoms with Crippen LogP contribution in [-0.4, -0.2) is 28.8 Å². The van der Waals surface area contributed by atoms with Crippen LogP contribution in [0.4, 0.5) is 0 Å². The van der Waals surface area contributed by atoms with Crippen LogP contribution in [0.3, 0.4) is 0 Å². The van der Waals surface area contributed by atoms with Crippen molar-refractivity contribution >= 4 is 0 Å². The van der Waals surface area contributed by atoms with E-state index < -0.39 is 5.60 Å². The normalized spacial score (nSPS) is 27.7. The summed E-state index contributed by atoms with van der Waals surface area (Å²) in [5.41, 5.74) is 0.618. The number of aliphatic hydroxyl groups is 1. The summed E-state index contributed by atoms with van der Waals surface area (Å²) in [6, 6.07) is 4.72. The van der Waals surface area contributed by atoms with Gasteiger partial charge in [-0.2, -0.15) is 0 Å². The maximum Gasteiger partial charge on any atom is 0.139 e. The van der Waals surface area contributed by atoms with Crippen molar-refractivity contribution in [3.63, 3.8) is 0 Å². The van der Waals surface area contributed by atoms with Crippen LogP contribution < -0.4 is 4.90 Å². The fourth-order valence-corrected chi connectivity index (χ4v) is 3.86. The highest BCUT2D eigenvalue weighted by molar-refractivity contribution is 5.15. The molecule has 0 aromatic carbocycles. The van der Waals surface area contributed by atoms with Gasteiger partial charge in [-0.05, 0) is 50.5 Å². The first kappa shape index (κ1) is 15.5. The Kier molecular flexibility index (Phi) is 5.12. The molecule has 1 aliphatic carbocycles. The van der Waals surface area contributed by atoms with Crippen LogP contribution >= 0.6 is 0 Å². The number of aromatic nitrogens is 1. The van der Waals surface area contributed by atoms with E-state index in [1.54, 1.807) is 0 Å². The molecule has 2 fully saturated rings. The second kappa shape index (κ2) is 7.26. The molecule has 2 atom stereocenters. The molecule has 2 aliphatic rings. The molecule has 2 N–H and O–H groups in total. The molecule has 0 radical (unpaired) electrons. The number of hydrogen-bond donors (Lipinski definition) is 2. The average Bonchev–Trinajstić information content (AvgIpc) is 2.57. The van der Waals surface area contributed by atoms with E-state index >= 15 is 0 Å². The minimum Gasteiger partial charge on any atom is -0.378 e. The summed E-state index contributed by atoms with van der Waals surface area (Å²) in [4.78, 5) is 5.80. The van der Waals surface area contributed by atoms with Crippen molar-refractivity contribution in [1.82, 2.24) is 4.98 Å². The Morgan fingerprint density at radius 3 is 2.86 bits per heavy atom. The average molecular weight is 299 g/mol. The molecule has 22 heavy (non-hydrogen) atoms. The summed E-state index contributed by atoms with van der Waals surface area (Å²) in [5, 5.41) is 10.5. The van der Waals surface area contributed by atoms with Gasteiger partial charge in [0.25, 0.3) is 0 Å². The Labute approximate surface area is 133 Å². The zero-order chi connectivity index (χ0) is 15.3. The Hall–Kier alpha value is -1.37. The lowest BCUT2D eigenvalue weighted by atomic mass is 9.85. The summed E-state index contributed by atoms with van der Waals surface area (Å²) in [6.45, 7) is 2.01. The minimum atomic E-state index is -0.711. The molecule has 3 rings (SSSR count). The van der Waals surface area contributed by atoms with Gasteiger partial charge < -0.3 is 10.0 Å². The number of piperidine rings is 1. The Morgan fingerprint density at radius 2 is 2.09 bits per heavy atom. The van der Waals surface area contributed by atoms with Crippen molar-refractivity contribution in [3.8, 4) is 11.8 Å². The standard InChI is InChI=1S/C19H26N2O/c22-19(10-3-1-4-11-19)12-7-15-21-14-5-2-9-18(21)17-8-6-13-20-16-17/h6,8,13,16,18,22H,1-5,9-11,14-15H2/p+1. The molecule has 0 amide bonds. The molecule has 1 saturated carbocycles. The van der Waals surface area contributed by atoms with Gasteiger partial charge in [0.05, 0.1) is 6.54 Å². The van der Waals surface area contributed by atoms with E-state index in [2.05, 4.69) is 22.9 Å². The monoisotopic (exact) mass is 299 g/mol. The van der Waals surface area contributed by atoms with Crippen molar-refractivity contribution in [3.05, 3.63) is 30.1 Å². The van der Waals surface area contributed by atoms with Crippen LogP contribution in [-0.2, 0) is 0 Å². The molecule has 0 spiro atoms. The van der Waals surface area contributed by atoms with Gasteiger partial charge >= 0.3 is 0 Å². The Bertz CT molecular complexity index is 525. The van der Waals surface area contributed by atoms with E-state index in [1.807, 2.05) is 18.5 Å². The molecule has 1 aliphatic heterocycles. The zero-order valence-corrected chi connectivity index (χ0v) is 13.4. The number of likely N-dealkylation sites (tertiary alicyclic amines) is 1. The summed E-state index contributed by atoms with van der Waals surface area (Å²) < 4.78 is 0. The fraction of sp³-hybridized carbons (Fsp3) is 0.632. The van der Waals surface area contributed by atoms with Crippen LogP contribution in [0.5, 0.6) is 0 Å². The molecular weight excluding hydrogens is 272 g/mol. The lowest BCUT2D eigenvalue weighted by Gasteiger charge is -2.31. The second-order valence-corrected chi connectivity index (χ2v) is 6.81. The zero-order valence-electron chi connectivity index (χ0n) is 13.4. The molecule has 1 saturated heterocycles. The van der Waals surface area contributed by atoms with Gasteiger partial charge in [-0.1, -0.05) is 18.4 Å². The fourth-order valence-electron chi connectivity index (χ4n) is 3.86. The van der Waals surface area contributed by atoms with E-state index in [0.29, 0.717) is 6.04 Å². The van der Waals surface area contributed by atoms with Crippen LogP contribution in [0.2, 0.25) is 0 Å². The first-order chi connectivity index (χ1) is 10.8. The number of quaternary nitrogens is 1. The van der Waals surface area contributed by atoms with Crippen LogP contribution in [0, 0.1) is 11.8 Å². The predicted octanol–water partition coefficient (Wildman–Crippen LogP) is 1.89. The lowest BCUT2D eigenvalue weighted by molar-refractivity contribution is -0.930. The third-order valence-corrected chi connectivity index (χ3v) is 5.14. The summed E-state index contributed by atoms with van der Waals surface area (Å²) in [7, 11) is 0. The van der Waals surface area contributed by atoms with E-state index in [4.69, 9.17) is 0 Å². The van der Waals surface area contributed by atoms with Gasteiger partial charge in [0.1, 0.15) is 18.2 Å². The summed E-state index contributed by atoms with van der Waals surface area (Å²) in [5.74, 6) is 6.49. The number of nitrogens with zero attached hydrogens (tertiary/aromatic N) is 1. The Balaban J connectivity index is 1.65. The van der Waals surface area contributed by atoms with Crippen molar-refractivity contribution in [2.45, 2.75) is 63.0 Å². The Morgan fingerprint density at radius 1 is 1.23 bits per heavy atom. The molecule has 0 bridgehead atoms. The van der Waals surface area contributed by atoms with Crippen molar-refractivity contribution in [2.24, 2.45) is 0 Å². The molecule has 1 aromatic rings. The smallest absolute Gasteiger partial charge is 0.139 e. The highest BCUT2D eigenvalue weighted by Gasteiger charge is 2.28. The van der Waals surface area contributed by atoms with Crippen LogP contribution in [0.1, 0.15) is 63.0 Å². The third-order valence-electron chi connectivity index (χ3n) is 5.14. The van der Waals surface area contributed by atoms with Gasteiger partial charge in [-0.15, -0.1) is 0 Å². The SMILES string of the molecule is OC1(C#CC[NH+]2CCCCC2c2cccnc2)CCCCC1. The van der Waals surface area contributed by atoms with E-state index in [1.165, 1.54) is 42.7 Å². The molecule has 1 aromatic heterocycles. The van der Waals surface area contributed by atoms with Crippen molar-refractivity contribution in [2.75, 3.05) is 13.1 Å². The largest absolute Gasteiger partial charge is 0.378 e. The molecule has 2 unspecified atom stereocenters. The number of pyridine rings is 1. The van der Waals surface area contributed by atoms with Crippen LogP contribution in [0.15, 0.2) is 24.5 Å². The molecular formula is C19H27N2O+. The minimum absolute atomic E-state index is 0.512. The molecule has 118 valence electrons. The molecule has 2 heterocycles. The maximum absolute atomic E-state index is 10.5. The predicted molar refractivity (Wildman–Crippen MR) is 87.3 cm³/mol. The number of nitrogens with one attached hydrogen (secondary N) is 1. The van der Waals surface area contributed by atoms with Gasteiger partial charge in [-0.25, -0.2) is 0 Å². The van der Waals surface area contributed by atoms with Gasteiger partial charge in [-0.3, -0.25) is 4.98 Å². The van der Waals surface area contributed by atoms with Crippen molar-refractivity contribution in [1.29, 1.82) is 0 Å². The molecule has 3 heteroatoms. The molecule has 3 nitrogen and oxygen atoms in total. The van der Waals surface area contributed by atoms with E-state index in [0.717, 1.165) is 32.2 Å².